The maximum atomic E-state index is 12.5. The predicted octanol–water partition coefficient (Wildman–Crippen LogP) is 3.61. The highest BCUT2D eigenvalue weighted by molar-refractivity contribution is 6.32. The average Bonchev–Trinajstić information content (AvgIpc) is 2.13. The van der Waals surface area contributed by atoms with Gasteiger partial charge < -0.3 is 0 Å². The van der Waals surface area contributed by atoms with E-state index in [4.69, 9.17) is 11.6 Å². The van der Waals surface area contributed by atoms with E-state index >= 15 is 0 Å². The van der Waals surface area contributed by atoms with Crippen molar-refractivity contribution in [1.82, 2.24) is 0 Å². The Morgan fingerprint density at radius 3 is 2.50 bits per heavy atom. The third-order valence-corrected chi connectivity index (χ3v) is 2.05. The van der Waals surface area contributed by atoms with Crippen LogP contribution in [0.2, 0.25) is 5.02 Å². The number of nitrogens with zero attached hydrogens (tertiary/aromatic N) is 1. The lowest BCUT2D eigenvalue weighted by atomic mass is 10.1. The van der Waals surface area contributed by atoms with Crippen molar-refractivity contribution >= 4 is 17.7 Å². The number of hydrogen-bond acceptors (Lipinski definition) is 2. The Morgan fingerprint density at radius 2 is 2.00 bits per heavy atom. The average molecular weight is 252 g/mol. The highest BCUT2D eigenvalue weighted by atomic mass is 35.5. The van der Waals surface area contributed by atoms with E-state index in [1.54, 1.807) is 0 Å². The van der Waals surface area contributed by atoms with Crippen molar-refractivity contribution in [3.05, 3.63) is 50.7 Å². The van der Waals surface area contributed by atoms with Gasteiger partial charge in [-0.05, 0) is 12.1 Å². The Kier molecular flexibility index (Phi) is 3.54. The molecule has 0 spiro atoms. The van der Waals surface area contributed by atoms with Gasteiger partial charge in [0.2, 0.25) is 6.20 Å². The van der Waals surface area contributed by atoms with Gasteiger partial charge in [-0.15, -0.1) is 0 Å². The molecule has 3 nitrogen and oxygen atoms in total. The molecule has 1 aromatic carbocycles. The molecule has 0 aromatic heterocycles. The van der Waals surface area contributed by atoms with Gasteiger partial charge in [0.25, 0.3) is 0 Å². The van der Waals surface area contributed by atoms with Gasteiger partial charge in [-0.25, -0.2) is 0 Å². The summed E-state index contributed by atoms with van der Waals surface area (Å²) in [4.78, 5) is 9.18. The van der Waals surface area contributed by atoms with Gasteiger partial charge in [-0.3, -0.25) is 10.1 Å². The zero-order valence-corrected chi connectivity index (χ0v) is 8.42. The first-order valence-corrected chi connectivity index (χ1v) is 4.37. The van der Waals surface area contributed by atoms with Gasteiger partial charge in [-0.1, -0.05) is 17.7 Å². The lowest BCUT2D eigenvalue weighted by molar-refractivity contribution is -0.400. The molecule has 0 saturated carbocycles. The van der Waals surface area contributed by atoms with Crippen LogP contribution >= 0.6 is 11.6 Å². The van der Waals surface area contributed by atoms with E-state index in [0.717, 1.165) is 18.2 Å². The molecule has 0 bridgehead atoms. The summed E-state index contributed by atoms with van der Waals surface area (Å²) < 4.78 is 37.5. The largest absolute Gasteiger partial charge is 0.417 e. The van der Waals surface area contributed by atoms with Crippen molar-refractivity contribution in [3.63, 3.8) is 0 Å². The zero-order chi connectivity index (χ0) is 12.3. The number of rotatable bonds is 2. The molecule has 0 aliphatic carbocycles. The molecule has 0 amide bonds. The topological polar surface area (TPSA) is 43.1 Å². The van der Waals surface area contributed by atoms with Crippen LogP contribution in [0.5, 0.6) is 0 Å². The molecule has 1 rings (SSSR count). The highest BCUT2D eigenvalue weighted by Gasteiger charge is 2.33. The molecule has 0 aliphatic heterocycles. The Bertz CT molecular complexity index is 443. The molecule has 1 aromatic rings. The molecule has 7 heteroatoms. The first-order chi connectivity index (χ1) is 7.32. The van der Waals surface area contributed by atoms with Crippen molar-refractivity contribution in [2.45, 2.75) is 6.18 Å². The molecular weight excluding hydrogens is 247 g/mol. The van der Waals surface area contributed by atoms with E-state index in [9.17, 15) is 23.3 Å². The highest BCUT2D eigenvalue weighted by Crippen LogP contribution is 2.35. The van der Waals surface area contributed by atoms with Gasteiger partial charge in [0.1, 0.15) is 0 Å². The minimum Gasteiger partial charge on any atom is -0.259 e. The van der Waals surface area contributed by atoms with Crippen molar-refractivity contribution in [1.29, 1.82) is 0 Å². The summed E-state index contributed by atoms with van der Waals surface area (Å²) in [5.41, 5.74) is -1.41. The minimum atomic E-state index is -4.60. The van der Waals surface area contributed by atoms with E-state index in [-0.39, 0.29) is 5.02 Å². The molecule has 0 N–H and O–H groups in total. The molecule has 0 heterocycles. The summed E-state index contributed by atoms with van der Waals surface area (Å²) in [6.45, 7) is 0. The molecular formula is C9H5ClF3NO2. The van der Waals surface area contributed by atoms with Gasteiger partial charge >= 0.3 is 6.18 Å². The van der Waals surface area contributed by atoms with E-state index in [1.165, 1.54) is 6.07 Å². The van der Waals surface area contributed by atoms with E-state index in [0.29, 0.717) is 6.20 Å². The van der Waals surface area contributed by atoms with Crippen LogP contribution in [0, 0.1) is 10.1 Å². The Balaban J connectivity index is 3.30. The summed E-state index contributed by atoms with van der Waals surface area (Å²) in [6, 6.07) is 3.18. The fourth-order valence-electron chi connectivity index (χ4n) is 1.09. The van der Waals surface area contributed by atoms with Crippen LogP contribution in [0.1, 0.15) is 11.1 Å². The third kappa shape index (κ3) is 2.96. The molecule has 16 heavy (non-hydrogen) atoms. The van der Waals surface area contributed by atoms with E-state index < -0.39 is 22.2 Å². The second-order valence-electron chi connectivity index (χ2n) is 2.80. The SMILES string of the molecule is O=[N+]([O-])/C=C/c1c(Cl)cccc1C(F)(F)F. The van der Waals surface area contributed by atoms with Crippen LogP contribution in [-0.2, 0) is 6.18 Å². The molecule has 0 unspecified atom stereocenters. The fourth-order valence-corrected chi connectivity index (χ4v) is 1.33. The lowest BCUT2D eigenvalue weighted by Gasteiger charge is -2.10. The molecule has 0 fully saturated rings. The zero-order valence-electron chi connectivity index (χ0n) is 7.66. The van der Waals surface area contributed by atoms with Crippen LogP contribution in [0.25, 0.3) is 6.08 Å². The van der Waals surface area contributed by atoms with Crippen molar-refractivity contribution < 1.29 is 18.1 Å². The second-order valence-corrected chi connectivity index (χ2v) is 3.21. The second kappa shape index (κ2) is 4.52. The summed E-state index contributed by atoms with van der Waals surface area (Å²) >= 11 is 5.55. The summed E-state index contributed by atoms with van der Waals surface area (Å²) in [5.74, 6) is 0. The first kappa shape index (κ1) is 12.5. The number of nitro groups is 1. The molecule has 0 radical (unpaired) electrons. The van der Waals surface area contributed by atoms with Crippen molar-refractivity contribution in [3.8, 4) is 0 Å². The predicted molar refractivity (Wildman–Crippen MR) is 52.5 cm³/mol. The van der Waals surface area contributed by atoms with Crippen molar-refractivity contribution in [2.24, 2.45) is 0 Å². The Morgan fingerprint density at radius 1 is 1.38 bits per heavy atom. The lowest BCUT2D eigenvalue weighted by Crippen LogP contribution is -2.07. The van der Waals surface area contributed by atoms with Crippen LogP contribution < -0.4 is 0 Å². The summed E-state index contributed by atoms with van der Waals surface area (Å²) in [6.07, 6.45) is -3.46. The Hall–Kier alpha value is -1.56. The van der Waals surface area contributed by atoms with Gasteiger partial charge in [0, 0.05) is 16.7 Å². The number of hydrogen-bond donors (Lipinski definition) is 0. The van der Waals surface area contributed by atoms with Crippen LogP contribution in [0.3, 0.4) is 0 Å². The first-order valence-electron chi connectivity index (χ1n) is 4.00. The summed E-state index contributed by atoms with van der Waals surface area (Å²) in [5, 5.41) is 9.85. The Labute approximate surface area is 93.3 Å². The van der Waals surface area contributed by atoms with Gasteiger partial charge in [0.15, 0.2) is 0 Å². The standard InChI is InChI=1S/C9H5ClF3NO2/c10-8-3-1-2-7(9(11,12)13)6(8)4-5-14(15)16/h1-5H/b5-4+. The number of benzene rings is 1. The molecule has 86 valence electrons. The monoisotopic (exact) mass is 251 g/mol. The number of alkyl halides is 3. The van der Waals surface area contributed by atoms with Crippen molar-refractivity contribution in [2.75, 3.05) is 0 Å². The quantitative estimate of drug-likeness (QED) is 0.595. The van der Waals surface area contributed by atoms with E-state index in [2.05, 4.69) is 0 Å². The maximum absolute atomic E-state index is 12.5. The van der Waals surface area contributed by atoms with Gasteiger partial charge in [-0.2, -0.15) is 13.2 Å². The molecule has 0 aliphatic rings. The van der Waals surface area contributed by atoms with Gasteiger partial charge in [0.05, 0.1) is 10.5 Å². The maximum Gasteiger partial charge on any atom is 0.417 e. The normalized spacial score (nSPS) is 12.0. The van der Waals surface area contributed by atoms with E-state index in [1.807, 2.05) is 0 Å². The number of halogens is 4. The summed E-state index contributed by atoms with van der Waals surface area (Å²) in [7, 11) is 0. The molecule has 0 atom stereocenters. The fraction of sp³-hybridized carbons (Fsp3) is 0.111. The molecule has 0 saturated heterocycles. The minimum absolute atomic E-state index is 0.187. The van der Waals surface area contributed by atoms with Crippen LogP contribution in [-0.4, -0.2) is 4.92 Å². The smallest absolute Gasteiger partial charge is 0.259 e. The van der Waals surface area contributed by atoms with Crippen LogP contribution in [0.15, 0.2) is 24.4 Å². The third-order valence-electron chi connectivity index (χ3n) is 1.72. The van der Waals surface area contributed by atoms with Crippen LogP contribution in [0.4, 0.5) is 13.2 Å².